The van der Waals surface area contributed by atoms with E-state index < -0.39 is 47.2 Å². The summed E-state index contributed by atoms with van der Waals surface area (Å²) >= 11 is 0. The molecule has 3 aromatic rings. The third kappa shape index (κ3) is 16.1. The highest BCUT2D eigenvalue weighted by Crippen LogP contribution is 2.23. The SMILES string of the molecule is Cc1ccc(OCC2CCN(C(=O)OC(C)(C)C)C2)cc1CNC(=O)C(CCc1ccccc1)NC(=O)[C@H](CCC(=O)OC(C)(C)C)NC(=O)OCc1ccccc1. The summed E-state index contributed by atoms with van der Waals surface area (Å²) in [6, 6.07) is 22.2. The molecular formula is C45H60N4O9. The van der Waals surface area contributed by atoms with Crippen LogP contribution in [0.1, 0.15) is 89.5 Å². The van der Waals surface area contributed by atoms with Crippen molar-refractivity contribution in [3.63, 3.8) is 0 Å². The zero-order valence-corrected chi connectivity index (χ0v) is 34.9. The maximum atomic E-state index is 13.9. The van der Waals surface area contributed by atoms with Crippen LogP contribution < -0.4 is 20.7 Å². The normalized spacial score (nSPS) is 15.1. The van der Waals surface area contributed by atoms with Crippen LogP contribution in [0.2, 0.25) is 0 Å². The Hall–Kier alpha value is -5.59. The molecule has 4 amide bonds. The van der Waals surface area contributed by atoms with Gasteiger partial charge in [-0.1, -0.05) is 66.7 Å². The third-order valence-electron chi connectivity index (χ3n) is 9.27. The number of hydrogen-bond donors (Lipinski definition) is 3. The predicted molar refractivity (Wildman–Crippen MR) is 220 cm³/mol. The molecule has 0 bridgehead atoms. The summed E-state index contributed by atoms with van der Waals surface area (Å²) in [5.41, 5.74) is 2.22. The van der Waals surface area contributed by atoms with E-state index in [4.69, 9.17) is 18.9 Å². The highest BCUT2D eigenvalue weighted by Gasteiger charge is 2.31. The molecule has 2 unspecified atom stereocenters. The quantitative estimate of drug-likeness (QED) is 0.0988. The van der Waals surface area contributed by atoms with Crippen LogP contribution in [0.25, 0.3) is 0 Å². The van der Waals surface area contributed by atoms with Crippen molar-refractivity contribution in [2.24, 2.45) is 5.92 Å². The lowest BCUT2D eigenvalue weighted by molar-refractivity contribution is -0.155. The number of hydrogen-bond acceptors (Lipinski definition) is 9. The molecule has 1 aliphatic heterocycles. The van der Waals surface area contributed by atoms with E-state index in [0.29, 0.717) is 31.9 Å². The Labute approximate surface area is 342 Å². The van der Waals surface area contributed by atoms with E-state index in [1.807, 2.05) is 94.4 Å². The number of carbonyl (C=O) groups excluding carboxylic acids is 5. The Morgan fingerprint density at radius 1 is 0.776 bits per heavy atom. The van der Waals surface area contributed by atoms with Crippen LogP contribution in [-0.2, 0) is 48.2 Å². The second kappa shape index (κ2) is 21.2. The van der Waals surface area contributed by atoms with Crippen molar-refractivity contribution in [1.29, 1.82) is 0 Å². The van der Waals surface area contributed by atoms with E-state index in [2.05, 4.69) is 16.0 Å². The van der Waals surface area contributed by atoms with Crippen LogP contribution in [0, 0.1) is 12.8 Å². The van der Waals surface area contributed by atoms with E-state index in [1.165, 1.54) is 0 Å². The molecule has 0 aromatic heterocycles. The fourth-order valence-corrected chi connectivity index (χ4v) is 6.24. The van der Waals surface area contributed by atoms with Crippen molar-refractivity contribution in [2.45, 2.75) is 117 Å². The number of likely N-dealkylation sites (tertiary alicyclic amines) is 1. The number of benzene rings is 3. The molecule has 3 atom stereocenters. The summed E-state index contributed by atoms with van der Waals surface area (Å²) in [6.07, 6.45) is 0.151. The van der Waals surface area contributed by atoms with Crippen molar-refractivity contribution in [1.82, 2.24) is 20.9 Å². The van der Waals surface area contributed by atoms with E-state index in [0.717, 1.165) is 28.7 Å². The van der Waals surface area contributed by atoms with E-state index >= 15 is 0 Å². The van der Waals surface area contributed by atoms with Gasteiger partial charge in [0.15, 0.2) is 0 Å². The summed E-state index contributed by atoms with van der Waals surface area (Å²) < 4.78 is 22.5. The first-order valence-corrected chi connectivity index (χ1v) is 20.0. The molecular weight excluding hydrogens is 741 g/mol. The molecule has 0 radical (unpaired) electrons. The molecule has 4 rings (SSSR count). The number of carbonyl (C=O) groups is 5. The molecule has 13 heteroatoms. The lowest BCUT2D eigenvalue weighted by atomic mass is 10.0. The van der Waals surface area contributed by atoms with Gasteiger partial charge < -0.3 is 39.8 Å². The average molecular weight is 801 g/mol. The van der Waals surface area contributed by atoms with E-state index in [-0.39, 0.29) is 44.4 Å². The number of rotatable bonds is 17. The Bertz CT molecular complexity index is 1820. The minimum Gasteiger partial charge on any atom is -0.493 e. The molecule has 0 spiro atoms. The highest BCUT2D eigenvalue weighted by molar-refractivity contribution is 5.91. The smallest absolute Gasteiger partial charge is 0.410 e. The molecule has 58 heavy (non-hydrogen) atoms. The molecule has 1 heterocycles. The fourth-order valence-electron chi connectivity index (χ4n) is 6.24. The number of nitrogens with one attached hydrogen (secondary N) is 3. The molecule has 3 aromatic carbocycles. The number of aryl methyl sites for hydroxylation is 2. The number of amides is 4. The predicted octanol–water partition coefficient (Wildman–Crippen LogP) is 6.78. The van der Waals surface area contributed by atoms with Crippen molar-refractivity contribution < 1.29 is 42.9 Å². The second-order valence-corrected chi connectivity index (χ2v) is 16.7. The molecule has 3 N–H and O–H groups in total. The van der Waals surface area contributed by atoms with Gasteiger partial charge >= 0.3 is 18.2 Å². The van der Waals surface area contributed by atoms with Crippen molar-refractivity contribution in [3.8, 4) is 5.75 Å². The number of alkyl carbamates (subject to hydrolysis) is 1. The van der Waals surface area contributed by atoms with Crippen LogP contribution >= 0.6 is 0 Å². The van der Waals surface area contributed by atoms with E-state index in [9.17, 15) is 24.0 Å². The maximum Gasteiger partial charge on any atom is 0.410 e. The average Bonchev–Trinajstić information content (AvgIpc) is 3.65. The molecule has 1 fully saturated rings. The molecule has 13 nitrogen and oxygen atoms in total. The number of nitrogens with zero attached hydrogens (tertiary/aromatic N) is 1. The van der Waals surface area contributed by atoms with Crippen molar-refractivity contribution in [3.05, 3.63) is 101 Å². The van der Waals surface area contributed by atoms with Gasteiger partial charge in [0, 0.05) is 32.0 Å². The van der Waals surface area contributed by atoms with E-state index in [1.54, 1.807) is 37.8 Å². The lowest BCUT2D eigenvalue weighted by Gasteiger charge is -2.24. The Kier molecular flexibility index (Phi) is 16.5. The van der Waals surface area contributed by atoms with Gasteiger partial charge in [0.05, 0.1) is 6.61 Å². The van der Waals surface area contributed by atoms with Crippen molar-refractivity contribution in [2.75, 3.05) is 19.7 Å². The molecule has 1 saturated heterocycles. The summed E-state index contributed by atoms with van der Waals surface area (Å²) in [5, 5.41) is 8.42. The first kappa shape index (κ1) is 45.1. The van der Waals surface area contributed by atoms with Gasteiger partial charge in [0.25, 0.3) is 0 Å². The third-order valence-corrected chi connectivity index (χ3v) is 9.27. The van der Waals surface area contributed by atoms with Crippen molar-refractivity contribution >= 4 is 30.0 Å². The lowest BCUT2D eigenvalue weighted by Crippen LogP contribution is -2.54. The monoisotopic (exact) mass is 800 g/mol. The van der Waals surface area contributed by atoms with Gasteiger partial charge in [-0.3, -0.25) is 14.4 Å². The number of esters is 1. The Morgan fingerprint density at radius 2 is 1.41 bits per heavy atom. The topological polar surface area (TPSA) is 162 Å². The Morgan fingerprint density at radius 3 is 2.07 bits per heavy atom. The summed E-state index contributed by atoms with van der Waals surface area (Å²) in [5.74, 6) is -0.801. The minimum absolute atomic E-state index is 0.0197. The van der Waals surface area contributed by atoms with Gasteiger partial charge in [-0.2, -0.15) is 0 Å². The molecule has 314 valence electrons. The highest BCUT2D eigenvalue weighted by atomic mass is 16.6. The van der Waals surface area contributed by atoms with Gasteiger partial charge in [0.2, 0.25) is 11.8 Å². The van der Waals surface area contributed by atoms with Gasteiger partial charge in [-0.05, 0) is 109 Å². The van der Waals surface area contributed by atoms with Crippen LogP contribution in [0.15, 0.2) is 78.9 Å². The standard InChI is InChI=1S/C45H60N4O9/c1-31-18-20-36(55-30-34-24-25-49(28-34)43(54)58-45(5,6)7)26-35(31)27-46-40(51)37(21-19-32-14-10-8-11-15-32)47-41(52)38(22-23-39(50)57-44(2,3)4)48-42(53)56-29-33-16-12-9-13-17-33/h8-18,20,26,34,37-38H,19,21-25,27-30H2,1-7H3,(H,46,51)(H,47,52)(H,48,53)/t34?,37?,38-/m0/s1. The summed E-state index contributed by atoms with van der Waals surface area (Å²) in [6.45, 7) is 14.4. The largest absolute Gasteiger partial charge is 0.493 e. The molecule has 0 aliphatic carbocycles. The minimum atomic E-state index is -1.20. The molecule has 1 aliphatic rings. The Balaban J connectivity index is 1.41. The fraction of sp³-hybridized carbons (Fsp3) is 0.489. The summed E-state index contributed by atoms with van der Waals surface area (Å²) in [4.78, 5) is 67.6. The zero-order valence-electron chi connectivity index (χ0n) is 34.9. The molecule has 0 saturated carbocycles. The van der Waals surface area contributed by atoms with Gasteiger partial charge in [0.1, 0.15) is 35.6 Å². The van der Waals surface area contributed by atoms with Crippen LogP contribution in [0.5, 0.6) is 5.75 Å². The van der Waals surface area contributed by atoms with Crippen LogP contribution in [0.3, 0.4) is 0 Å². The van der Waals surface area contributed by atoms with Gasteiger partial charge in [-0.25, -0.2) is 9.59 Å². The zero-order chi connectivity index (χ0) is 42.3. The van der Waals surface area contributed by atoms with Crippen LogP contribution in [-0.4, -0.2) is 77.9 Å². The summed E-state index contributed by atoms with van der Waals surface area (Å²) in [7, 11) is 0. The second-order valence-electron chi connectivity index (χ2n) is 16.7. The first-order valence-electron chi connectivity index (χ1n) is 20.0. The maximum absolute atomic E-state index is 13.9. The number of ether oxygens (including phenoxy) is 4. The first-order chi connectivity index (χ1) is 27.4. The van der Waals surface area contributed by atoms with Crippen LogP contribution in [0.4, 0.5) is 9.59 Å². The van der Waals surface area contributed by atoms with Gasteiger partial charge in [-0.15, -0.1) is 0 Å².